The Hall–Kier alpha value is -1.26. The highest BCUT2D eigenvalue weighted by atomic mass is 16.7. The van der Waals surface area contributed by atoms with Gasteiger partial charge in [-0.1, -0.05) is 6.07 Å². The van der Waals surface area contributed by atoms with Crippen molar-refractivity contribution < 1.29 is 14.3 Å². The lowest BCUT2D eigenvalue weighted by Gasteiger charge is -2.02. The van der Waals surface area contributed by atoms with Crippen molar-refractivity contribution in [2.75, 3.05) is 13.4 Å². The van der Waals surface area contributed by atoms with Crippen LogP contribution in [-0.4, -0.2) is 13.4 Å². The highest BCUT2D eigenvalue weighted by Crippen LogP contribution is 2.32. The van der Waals surface area contributed by atoms with E-state index in [1.54, 1.807) is 0 Å². The standard InChI is InChI=1S/C10H13NO3/c11-14-5-1-2-8-3-4-9-10(6-8)13-7-12-9/h3-4,6H,1-2,5,7,11H2. The van der Waals surface area contributed by atoms with Crippen molar-refractivity contribution in [3.8, 4) is 11.5 Å². The van der Waals surface area contributed by atoms with Crippen LogP contribution in [0, 0.1) is 0 Å². The van der Waals surface area contributed by atoms with E-state index in [2.05, 4.69) is 4.84 Å². The molecule has 1 aliphatic heterocycles. The molecule has 0 unspecified atom stereocenters. The first-order valence-corrected chi connectivity index (χ1v) is 4.60. The van der Waals surface area contributed by atoms with Gasteiger partial charge in [0.05, 0.1) is 6.61 Å². The molecule has 76 valence electrons. The van der Waals surface area contributed by atoms with E-state index in [4.69, 9.17) is 15.4 Å². The Bertz CT molecular complexity index is 314. The fourth-order valence-corrected chi connectivity index (χ4v) is 1.46. The van der Waals surface area contributed by atoms with E-state index in [1.165, 1.54) is 5.56 Å². The maximum Gasteiger partial charge on any atom is 0.231 e. The molecular formula is C10H13NO3. The van der Waals surface area contributed by atoms with Gasteiger partial charge in [-0.15, -0.1) is 0 Å². The molecule has 0 amide bonds. The fourth-order valence-electron chi connectivity index (χ4n) is 1.46. The first-order valence-electron chi connectivity index (χ1n) is 4.60. The van der Waals surface area contributed by atoms with E-state index in [-0.39, 0.29) is 0 Å². The molecule has 1 aliphatic rings. The van der Waals surface area contributed by atoms with Gasteiger partial charge < -0.3 is 14.3 Å². The molecule has 2 rings (SSSR count). The summed E-state index contributed by atoms with van der Waals surface area (Å²) >= 11 is 0. The van der Waals surface area contributed by atoms with Crippen LogP contribution in [0.5, 0.6) is 11.5 Å². The number of fused-ring (bicyclic) bond motifs is 1. The van der Waals surface area contributed by atoms with Crippen molar-refractivity contribution in [1.82, 2.24) is 0 Å². The summed E-state index contributed by atoms with van der Waals surface area (Å²) in [6, 6.07) is 5.96. The van der Waals surface area contributed by atoms with Crippen molar-refractivity contribution in [3.05, 3.63) is 23.8 Å². The molecule has 4 heteroatoms. The van der Waals surface area contributed by atoms with E-state index in [1.807, 2.05) is 18.2 Å². The molecular weight excluding hydrogens is 182 g/mol. The van der Waals surface area contributed by atoms with Crippen LogP contribution in [0.3, 0.4) is 0 Å². The average molecular weight is 195 g/mol. The fraction of sp³-hybridized carbons (Fsp3) is 0.400. The highest BCUT2D eigenvalue weighted by Gasteiger charge is 2.12. The Labute approximate surface area is 82.5 Å². The van der Waals surface area contributed by atoms with Crippen LogP contribution >= 0.6 is 0 Å². The third-order valence-electron chi connectivity index (χ3n) is 2.16. The molecule has 0 radical (unpaired) electrons. The van der Waals surface area contributed by atoms with Crippen LogP contribution in [0.1, 0.15) is 12.0 Å². The third kappa shape index (κ3) is 1.97. The Morgan fingerprint density at radius 1 is 1.29 bits per heavy atom. The van der Waals surface area contributed by atoms with E-state index in [9.17, 15) is 0 Å². The summed E-state index contributed by atoms with van der Waals surface area (Å²) in [5, 5.41) is 0. The van der Waals surface area contributed by atoms with Crippen molar-refractivity contribution in [2.24, 2.45) is 5.90 Å². The highest BCUT2D eigenvalue weighted by molar-refractivity contribution is 5.44. The second-order valence-corrected chi connectivity index (χ2v) is 3.16. The molecule has 0 aromatic heterocycles. The van der Waals surface area contributed by atoms with Gasteiger partial charge in [-0.3, -0.25) is 0 Å². The minimum Gasteiger partial charge on any atom is -0.454 e. The summed E-state index contributed by atoms with van der Waals surface area (Å²) < 4.78 is 10.5. The van der Waals surface area contributed by atoms with Gasteiger partial charge in [0.15, 0.2) is 11.5 Å². The molecule has 0 atom stereocenters. The molecule has 0 saturated carbocycles. The number of ether oxygens (including phenoxy) is 2. The zero-order valence-electron chi connectivity index (χ0n) is 7.86. The van der Waals surface area contributed by atoms with Gasteiger partial charge >= 0.3 is 0 Å². The molecule has 0 fully saturated rings. The molecule has 1 aromatic rings. The summed E-state index contributed by atoms with van der Waals surface area (Å²) in [6.07, 6.45) is 1.85. The Morgan fingerprint density at radius 3 is 3.00 bits per heavy atom. The minimum atomic E-state index is 0.324. The molecule has 1 aromatic carbocycles. The van der Waals surface area contributed by atoms with Crippen molar-refractivity contribution >= 4 is 0 Å². The zero-order valence-corrected chi connectivity index (χ0v) is 7.86. The molecule has 0 saturated heterocycles. The summed E-state index contributed by atoms with van der Waals surface area (Å²) in [6.45, 7) is 0.902. The number of benzene rings is 1. The summed E-state index contributed by atoms with van der Waals surface area (Å²) in [4.78, 5) is 4.50. The minimum absolute atomic E-state index is 0.324. The summed E-state index contributed by atoms with van der Waals surface area (Å²) in [7, 11) is 0. The largest absolute Gasteiger partial charge is 0.454 e. The van der Waals surface area contributed by atoms with Gasteiger partial charge in [0, 0.05) is 0 Å². The lowest BCUT2D eigenvalue weighted by atomic mass is 10.1. The SMILES string of the molecule is NOCCCc1ccc2c(c1)OCO2. The molecule has 1 heterocycles. The average Bonchev–Trinajstić information content (AvgIpc) is 2.65. The topological polar surface area (TPSA) is 53.7 Å². The Morgan fingerprint density at radius 2 is 2.14 bits per heavy atom. The van der Waals surface area contributed by atoms with E-state index < -0.39 is 0 Å². The third-order valence-corrected chi connectivity index (χ3v) is 2.16. The first-order chi connectivity index (χ1) is 6.90. The normalized spacial score (nSPS) is 13.2. The summed E-state index contributed by atoms with van der Waals surface area (Å²) in [5.41, 5.74) is 1.21. The van der Waals surface area contributed by atoms with Crippen LogP contribution in [-0.2, 0) is 11.3 Å². The van der Waals surface area contributed by atoms with E-state index >= 15 is 0 Å². The number of rotatable bonds is 4. The van der Waals surface area contributed by atoms with Gasteiger partial charge in [0.2, 0.25) is 6.79 Å². The Kier molecular flexibility index (Phi) is 2.86. The van der Waals surface area contributed by atoms with E-state index in [0.717, 1.165) is 24.3 Å². The van der Waals surface area contributed by atoms with Crippen LogP contribution in [0.2, 0.25) is 0 Å². The van der Waals surface area contributed by atoms with E-state index in [0.29, 0.717) is 13.4 Å². The van der Waals surface area contributed by atoms with Gasteiger partial charge in [-0.2, -0.15) is 0 Å². The van der Waals surface area contributed by atoms with Crippen molar-refractivity contribution in [3.63, 3.8) is 0 Å². The predicted molar refractivity (Wildman–Crippen MR) is 51.0 cm³/mol. The maximum absolute atomic E-state index is 5.27. The number of aryl methyl sites for hydroxylation is 1. The molecule has 0 bridgehead atoms. The van der Waals surface area contributed by atoms with Crippen LogP contribution < -0.4 is 15.4 Å². The van der Waals surface area contributed by atoms with Crippen molar-refractivity contribution in [1.29, 1.82) is 0 Å². The van der Waals surface area contributed by atoms with Crippen LogP contribution in [0.15, 0.2) is 18.2 Å². The van der Waals surface area contributed by atoms with Crippen LogP contribution in [0.25, 0.3) is 0 Å². The molecule has 4 nitrogen and oxygen atoms in total. The van der Waals surface area contributed by atoms with Gasteiger partial charge in [-0.05, 0) is 30.5 Å². The van der Waals surface area contributed by atoms with Crippen molar-refractivity contribution in [2.45, 2.75) is 12.8 Å². The van der Waals surface area contributed by atoms with Gasteiger partial charge in [-0.25, -0.2) is 5.90 Å². The van der Waals surface area contributed by atoms with Gasteiger partial charge in [0.1, 0.15) is 0 Å². The molecule has 14 heavy (non-hydrogen) atoms. The number of hydrogen-bond donors (Lipinski definition) is 1. The molecule has 0 aliphatic carbocycles. The maximum atomic E-state index is 5.27. The zero-order chi connectivity index (χ0) is 9.80. The number of hydrogen-bond acceptors (Lipinski definition) is 4. The molecule has 2 N–H and O–H groups in total. The Balaban J connectivity index is 1.98. The lowest BCUT2D eigenvalue weighted by Crippen LogP contribution is -2.01. The molecule has 0 spiro atoms. The quantitative estimate of drug-likeness (QED) is 0.580. The smallest absolute Gasteiger partial charge is 0.231 e. The number of nitrogens with two attached hydrogens (primary N) is 1. The predicted octanol–water partition coefficient (Wildman–Crippen LogP) is 1.24. The van der Waals surface area contributed by atoms with Gasteiger partial charge in [0.25, 0.3) is 0 Å². The first kappa shape index (κ1) is 9.30. The second kappa shape index (κ2) is 4.30. The summed E-state index contributed by atoms with van der Waals surface area (Å²) in [5.74, 6) is 6.59. The second-order valence-electron chi connectivity index (χ2n) is 3.16. The van der Waals surface area contributed by atoms with Crippen LogP contribution in [0.4, 0.5) is 0 Å². The monoisotopic (exact) mass is 195 g/mol. The lowest BCUT2D eigenvalue weighted by molar-refractivity contribution is 0.135.